The van der Waals surface area contributed by atoms with Crippen molar-refractivity contribution >= 4 is 17.3 Å². The van der Waals surface area contributed by atoms with E-state index in [2.05, 4.69) is 27.2 Å². The lowest BCUT2D eigenvalue weighted by Crippen LogP contribution is -2.49. The molecule has 1 amide bonds. The van der Waals surface area contributed by atoms with Gasteiger partial charge in [-0.1, -0.05) is 6.07 Å². The number of carbonyl (C=O) groups is 1. The fourth-order valence-electron chi connectivity index (χ4n) is 3.36. The predicted molar refractivity (Wildman–Crippen MR) is 103 cm³/mol. The van der Waals surface area contributed by atoms with E-state index in [1.54, 1.807) is 9.58 Å². The SMILES string of the molecule is CC(C)OC(=O)N1CCN(c2cnn3cc(-c4cnn(C)c4)ccc23)CC1. The van der Waals surface area contributed by atoms with Crippen molar-refractivity contribution in [3.63, 3.8) is 0 Å². The van der Waals surface area contributed by atoms with Crippen molar-refractivity contribution in [2.24, 2.45) is 7.05 Å². The molecule has 0 bridgehead atoms. The van der Waals surface area contributed by atoms with Gasteiger partial charge in [0, 0.05) is 56.7 Å². The second-order valence-electron chi connectivity index (χ2n) is 7.09. The number of nitrogens with zero attached hydrogens (tertiary/aromatic N) is 6. The molecule has 8 nitrogen and oxygen atoms in total. The third-order valence-electron chi connectivity index (χ3n) is 4.75. The highest BCUT2D eigenvalue weighted by Crippen LogP contribution is 2.26. The lowest BCUT2D eigenvalue weighted by molar-refractivity contribution is 0.0751. The molecule has 27 heavy (non-hydrogen) atoms. The number of hydrogen-bond acceptors (Lipinski definition) is 5. The van der Waals surface area contributed by atoms with Crippen molar-refractivity contribution < 1.29 is 9.53 Å². The number of carbonyl (C=O) groups excluding carboxylic acids is 1. The highest BCUT2D eigenvalue weighted by molar-refractivity contribution is 5.76. The first kappa shape index (κ1) is 17.4. The maximum Gasteiger partial charge on any atom is 0.410 e. The minimum Gasteiger partial charge on any atom is -0.447 e. The van der Waals surface area contributed by atoms with E-state index in [0.29, 0.717) is 13.1 Å². The summed E-state index contributed by atoms with van der Waals surface area (Å²) in [5.41, 5.74) is 4.28. The van der Waals surface area contributed by atoms with Crippen molar-refractivity contribution in [2.75, 3.05) is 31.1 Å². The summed E-state index contributed by atoms with van der Waals surface area (Å²) in [7, 11) is 1.91. The summed E-state index contributed by atoms with van der Waals surface area (Å²) >= 11 is 0. The highest BCUT2D eigenvalue weighted by atomic mass is 16.6. The largest absolute Gasteiger partial charge is 0.447 e. The predicted octanol–water partition coefficient (Wildman–Crippen LogP) is 2.40. The summed E-state index contributed by atoms with van der Waals surface area (Å²) in [6.45, 7) is 6.56. The molecule has 0 N–H and O–H groups in total. The third-order valence-corrected chi connectivity index (χ3v) is 4.75. The lowest BCUT2D eigenvalue weighted by atomic mass is 10.1. The molecular formula is C19H24N6O2. The van der Waals surface area contributed by atoms with Gasteiger partial charge in [0.2, 0.25) is 0 Å². The molecule has 0 aromatic carbocycles. The van der Waals surface area contributed by atoms with Crippen molar-refractivity contribution in [3.8, 4) is 11.1 Å². The van der Waals surface area contributed by atoms with E-state index in [4.69, 9.17) is 4.74 Å². The monoisotopic (exact) mass is 368 g/mol. The van der Waals surface area contributed by atoms with Crippen molar-refractivity contribution in [3.05, 3.63) is 36.9 Å². The van der Waals surface area contributed by atoms with E-state index < -0.39 is 0 Å². The van der Waals surface area contributed by atoms with Gasteiger partial charge in [-0.3, -0.25) is 4.68 Å². The van der Waals surface area contributed by atoms with Crippen molar-refractivity contribution in [1.29, 1.82) is 0 Å². The van der Waals surface area contributed by atoms with Crippen LogP contribution in [-0.4, -0.2) is 62.7 Å². The van der Waals surface area contributed by atoms with Gasteiger partial charge >= 0.3 is 6.09 Å². The second kappa shape index (κ2) is 6.94. The van der Waals surface area contributed by atoms with Crippen LogP contribution >= 0.6 is 0 Å². The van der Waals surface area contributed by atoms with Gasteiger partial charge in [-0.2, -0.15) is 10.2 Å². The van der Waals surface area contributed by atoms with Crippen LogP contribution in [-0.2, 0) is 11.8 Å². The summed E-state index contributed by atoms with van der Waals surface area (Å²) in [5.74, 6) is 0. The van der Waals surface area contributed by atoms with Crippen molar-refractivity contribution in [2.45, 2.75) is 20.0 Å². The van der Waals surface area contributed by atoms with Crippen LogP contribution in [0.4, 0.5) is 10.5 Å². The van der Waals surface area contributed by atoms with Crippen LogP contribution in [0.5, 0.6) is 0 Å². The number of pyridine rings is 1. The molecule has 0 saturated carbocycles. The Morgan fingerprint density at radius 2 is 1.81 bits per heavy atom. The van der Waals surface area contributed by atoms with Gasteiger partial charge in [-0.05, 0) is 19.9 Å². The van der Waals surface area contributed by atoms with Gasteiger partial charge in [0.15, 0.2) is 0 Å². The first-order chi connectivity index (χ1) is 13.0. The summed E-state index contributed by atoms with van der Waals surface area (Å²) in [4.78, 5) is 16.1. The zero-order chi connectivity index (χ0) is 19.0. The molecule has 0 radical (unpaired) electrons. The number of aryl methyl sites for hydroxylation is 1. The van der Waals surface area contributed by atoms with E-state index in [1.165, 1.54) is 0 Å². The molecule has 1 saturated heterocycles. The standard InChI is InChI=1S/C19H24N6O2/c1-14(2)27-19(26)24-8-6-23(7-9-24)18-11-21-25-13-15(4-5-17(18)25)16-10-20-22(3)12-16/h4-5,10-14H,6-9H2,1-3H3. The molecule has 4 rings (SSSR count). The first-order valence-electron chi connectivity index (χ1n) is 9.18. The van der Waals surface area contributed by atoms with Crippen LogP contribution < -0.4 is 4.90 Å². The fourth-order valence-corrected chi connectivity index (χ4v) is 3.36. The summed E-state index contributed by atoms with van der Waals surface area (Å²) in [5, 5.41) is 8.75. The maximum atomic E-state index is 12.0. The Balaban J connectivity index is 1.49. The van der Waals surface area contributed by atoms with E-state index >= 15 is 0 Å². The molecule has 4 heterocycles. The number of fused-ring (bicyclic) bond motifs is 1. The zero-order valence-corrected chi connectivity index (χ0v) is 15.9. The fraction of sp³-hybridized carbons (Fsp3) is 0.421. The third kappa shape index (κ3) is 3.47. The molecule has 0 spiro atoms. The Bertz CT molecular complexity index is 952. The van der Waals surface area contributed by atoms with Crippen LogP contribution in [0, 0.1) is 0 Å². The van der Waals surface area contributed by atoms with Gasteiger partial charge in [0.05, 0.1) is 29.7 Å². The molecular weight excluding hydrogens is 344 g/mol. The molecule has 0 aliphatic carbocycles. The van der Waals surface area contributed by atoms with E-state index in [1.807, 2.05) is 50.2 Å². The number of hydrogen-bond donors (Lipinski definition) is 0. The zero-order valence-electron chi connectivity index (χ0n) is 15.9. The molecule has 0 unspecified atom stereocenters. The van der Waals surface area contributed by atoms with Gasteiger partial charge in [-0.15, -0.1) is 0 Å². The summed E-state index contributed by atoms with van der Waals surface area (Å²) in [6.07, 6.45) is 7.42. The van der Waals surface area contributed by atoms with Gasteiger partial charge in [-0.25, -0.2) is 9.31 Å². The van der Waals surface area contributed by atoms with E-state index in [9.17, 15) is 4.79 Å². The quantitative estimate of drug-likeness (QED) is 0.710. The molecule has 3 aromatic heterocycles. The minimum absolute atomic E-state index is 0.0934. The Morgan fingerprint density at radius 3 is 2.48 bits per heavy atom. The van der Waals surface area contributed by atoms with Crippen LogP contribution in [0.3, 0.4) is 0 Å². The topological polar surface area (TPSA) is 67.9 Å². The molecule has 142 valence electrons. The highest BCUT2D eigenvalue weighted by Gasteiger charge is 2.24. The van der Waals surface area contributed by atoms with Crippen LogP contribution in [0.2, 0.25) is 0 Å². The number of rotatable bonds is 3. The van der Waals surface area contributed by atoms with E-state index in [0.717, 1.165) is 35.4 Å². The Kier molecular flexibility index (Phi) is 4.47. The molecule has 8 heteroatoms. The minimum atomic E-state index is -0.231. The molecule has 1 aliphatic rings. The average molecular weight is 368 g/mol. The van der Waals surface area contributed by atoms with Crippen LogP contribution in [0.25, 0.3) is 16.6 Å². The average Bonchev–Trinajstić information content (AvgIpc) is 3.27. The number of piperazine rings is 1. The number of anilines is 1. The number of aromatic nitrogens is 4. The number of ether oxygens (including phenoxy) is 1. The second-order valence-corrected chi connectivity index (χ2v) is 7.09. The first-order valence-corrected chi connectivity index (χ1v) is 9.18. The number of amides is 1. The summed E-state index contributed by atoms with van der Waals surface area (Å²) < 4.78 is 8.98. The maximum absolute atomic E-state index is 12.0. The normalized spacial score (nSPS) is 15.0. The molecule has 3 aromatic rings. The van der Waals surface area contributed by atoms with Crippen LogP contribution in [0.1, 0.15) is 13.8 Å². The Hall–Kier alpha value is -3.03. The molecule has 1 fully saturated rings. The smallest absolute Gasteiger partial charge is 0.410 e. The molecule has 1 aliphatic heterocycles. The summed E-state index contributed by atoms with van der Waals surface area (Å²) in [6, 6.07) is 4.18. The van der Waals surface area contributed by atoms with Gasteiger partial charge in [0.25, 0.3) is 0 Å². The lowest BCUT2D eigenvalue weighted by Gasteiger charge is -2.35. The Morgan fingerprint density at radius 1 is 1.04 bits per heavy atom. The van der Waals surface area contributed by atoms with Gasteiger partial charge < -0.3 is 14.5 Å². The van der Waals surface area contributed by atoms with Crippen molar-refractivity contribution in [1.82, 2.24) is 24.3 Å². The molecule has 0 atom stereocenters. The van der Waals surface area contributed by atoms with Crippen LogP contribution in [0.15, 0.2) is 36.9 Å². The van der Waals surface area contributed by atoms with E-state index in [-0.39, 0.29) is 12.2 Å². The van der Waals surface area contributed by atoms with Gasteiger partial charge in [0.1, 0.15) is 0 Å². The Labute approximate surface area is 157 Å².